The van der Waals surface area contributed by atoms with Crippen LogP contribution in [-0.4, -0.2) is 9.97 Å². The molecule has 0 radical (unpaired) electrons. The van der Waals surface area contributed by atoms with Gasteiger partial charge in [0, 0.05) is 5.39 Å². The van der Waals surface area contributed by atoms with Crippen LogP contribution in [0.4, 0.5) is 0 Å². The summed E-state index contributed by atoms with van der Waals surface area (Å²) in [7, 11) is 0. The molecule has 0 spiro atoms. The molecule has 3 rings (SSSR count). The highest BCUT2D eigenvalue weighted by Gasteiger charge is 2.14. The predicted octanol–water partition coefficient (Wildman–Crippen LogP) is 5.63. The molecule has 0 amide bonds. The van der Waals surface area contributed by atoms with Crippen molar-refractivity contribution in [3.8, 4) is 10.7 Å². The maximum Gasteiger partial charge on any atom is 0.173 e. The molecule has 0 saturated carbocycles. The number of rotatable bonds is 1. The van der Waals surface area contributed by atoms with Crippen molar-refractivity contribution in [2.24, 2.45) is 0 Å². The average Bonchev–Trinajstić information content (AvgIpc) is 2.76. The first-order valence-corrected chi connectivity index (χ1v) is 7.44. The van der Waals surface area contributed by atoms with Crippen LogP contribution in [0.1, 0.15) is 5.56 Å². The second-order valence-corrected chi connectivity index (χ2v) is 6.17. The molecule has 0 aliphatic carbocycles. The minimum Gasteiger partial charge on any atom is -0.226 e. The molecule has 2 aromatic heterocycles. The van der Waals surface area contributed by atoms with Crippen molar-refractivity contribution in [2.75, 3.05) is 0 Å². The zero-order valence-electron chi connectivity index (χ0n) is 9.75. The van der Waals surface area contributed by atoms with Crippen LogP contribution in [0.2, 0.25) is 15.2 Å². The number of hydrogen-bond acceptors (Lipinski definition) is 3. The molecule has 3 aromatic rings. The molecule has 0 aliphatic heterocycles. The molecule has 0 N–H and O–H groups in total. The monoisotopic (exact) mass is 328 g/mol. The fourth-order valence-electron chi connectivity index (χ4n) is 1.84. The van der Waals surface area contributed by atoms with Gasteiger partial charge in [0.2, 0.25) is 0 Å². The van der Waals surface area contributed by atoms with Crippen LogP contribution in [0.15, 0.2) is 23.6 Å². The molecule has 2 heterocycles. The topological polar surface area (TPSA) is 25.8 Å². The summed E-state index contributed by atoms with van der Waals surface area (Å²) < 4.78 is 0. The number of benzene rings is 1. The smallest absolute Gasteiger partial charge is 0.173 e. The summed E-state index contributed by atoms with van der Waals surface area (Å²) in [5, 5.41) is 4.20. The predicted molar refractivity (Wildman–Crippen MR) is 82.6 cm³/mol. The second-order valence-electron chi connectivity index (χ2n) is 4.08. The fraction of sp³-hybridized carbons (Fsp3) is 0.0769. The lowest BCUT2D eigenvalue weighted by Crippen LogP contribution is -1.92. The Balaban J connectivity index is 2.34. The van der Waals surface area contributed by atoms with Gasteiger partial charge < -0.3 is 0 Å². The number of aromatic nitrogens is 2. The van der Waals surface area contributed by atoms with E-state index in [-0.39, 0.29) is 0 Å². The van der Waals surface area contributed by atoms with Crippen LogP contribution in [-0.2, 0) is 0 Å². The Morgan fingerprint density at radius 3 is 2.53 bits per heavy atom. The van der Waals surface area contributed by atoms with Gasteiger partial charge >= 0.3 is 0 Å². The Morgan fingerprint density at radius 2 is 1.84 bits per heavy atom. The van der Waals surface area contributed by atoms with E-state index < -0.39 is 0 Å². The van der Waals surface area contributed by atoms with Gasteiger partial charge in [-0.05, 0) is 36.1 Å². The molecule has 6 heteroatoms. The lowest BCUT2D eigenvalue weighted by atomic mass is 10.1. The Bertz CT molecular complexity index is 783. The number of thiophene rings is 1. The van der Waals surface area contributed by atoms with E-state index in [4.69, 9.17) is 34.8 Å². The van der Waals surface area contributed by atoms with Crippen molar-refractivity contribution < 1.29 is 0 Å². The zero-order chi connectivity index (χ0) is 13.6. The molecule has 0 aliphatic rings. The van der Waals surface area contributed by atoms with E-state index in [2.05, 4.69) is 9.97 Å². The molecular formula is C13H7Cl3N2S. The van der Waals surface area contributed by atoms with Crippen molar-refractivity contribution in [1.29, 1.82) is 0 Å². The maximum absolute atomic E-state index is 6.23. The van der Waals surface area contributed by atoms with Crippen molar-refractivity contribution in [1.82, 2.24) is 9.97 Å². The van der Waals surface area contributed by atoms with Crippen LogP contribution in [0.25, 0.3) is 21.6 Å². The van der Waals surface area contributed by atoms with Gasteiger partial charge in [-0.15, -0.1) is 11.3 Å². The van der Waals surface area contributed by atoms with E-state index in [0.717, 1.165) is 15.8 Å². The van der Waals surface area contributed by atoms with Gasteiger partial charge in [-0.25, -0.2) is 9.97 Å². The number of aryl methyl sites for hydroxylation is 1. The third-order valence-electron chi connectivity index (χ3n) is 2.67. The third-order valence-corrected chi connectivity index (χ3v) is 4.59. The number of fused-ring (bicyclic) bond motifs is 1. The standard InChI is InChI=1S/C13H7Cl3N2S/c1-6-4-7-10(9(15)5-6)17-13(18-12(7)16)11-8(14)2-3-19-11/h2-5H,1H3. The minimum atomic E-state index is 0.384. The van der Waals surface area contributed by atoms with Crippen LogP contribution in [0.3, 0.4) is 0 Å². The quantitative estimate of drug-likeness (QED) is 0.541. The van der Waals surface area contributed by atoms with Gasteiger partial charge in [0.25, 0.3) is 0 Å². The Labute approximate surface area is 129 Å². The largest absolute Gasteiger partial charge is 0.226 e. The van der Waals surface area contributed by atoms with E-state index in [9.17, 15) is 0 Å². The first kappa shape index (κ1) is 13.1. The van der Waals surface area contributed by atoms with Crippen molar-refractivity contribution >= 4 is 57.0 Å². The van der Waals surface area contributed by atoms with Crippen LogP contribution >= 0.6 is 46.1 Å². The van der Waals surface area contributed by atoms with E-state index >= 15 is 0 Å². The summed E-state index contributed by atoms with van der Waals surface area (Å²) in [4.78, 5) is 9.58. The first-order valence-electron chi connectivity index (χ1n) is 5.43. The molecule has 1 aromatic carbocycles. The van der Waals surface area contributed by atoms with Crippen LogP contribution in [0.5, 0.6) is 0 Å². The highest BCUT2D eigenvalue weighted by Crippen LogP contribution is 2.35. The normalized spacial score (nSPS) is 11.2. The molecule has 0 atom stereocenters. The molecule has 0 fully saturated rings. The van der Waals surface area contributed by atoms with Gasteiger partial charge in [-0.3, -0.25) is 0 Å². The third kappa shape index (κ3) is 2.32. The zero-order valence-corrected chi connectivity index (χ0v) is 12.8. The molecule has 19 heavy (non-hydrogen) atoms. The lowest BCUT2D eigenvalue weighted by molar-refractivity contribution is 1.24. The van der Waals surface area contributed by atoms with E-state index in [1.807, 2.05) is 24.4 Å². The molecule has 0 unspecified atom stereocenters. The minimum absolute atomic E-state index is 0.384. The van der Waals surface area contributed by atoms with E-state index in [0.29, 0.717) is 26.5 Å². The van der Waals surface area contributed by atoms with Crippen LogP contribution in [0, 0.1) is 6.92 Å². The van der Waals surface area contributed by atoms with Crippen molar-refractivity contribution in [3.05, 3.63) is 44.3 Å². The SMILES string of the molecule is Cc1cc(Cl)c2nc(-c3sccc3Cl)nc(Cl)c2c1. The van der Waals surface area contributed by atoms with Crippen LogP contribution < -0.4 is 0 Å². The molecule has 0 bridgehead atoms. The Morgan fingerprint density at radius 1 is 1.05 bits per heavy atom. The van der Waals surface area contributed by atoms with Gasteiger partial charge in [0.1, 0.15) is 5.15 Å². The fourth-order valence-corrected chi connectivity index (χ4v) is 3.46. The molecule has 0 saturated heterocycles. The first-order chi connectivity index (χ1) is 9.06. The van der Waals surface area contributed by atoms with E-state index in [1.165, 1.54) is 11.3 Å². The molecule has 2 nitrogen and oxygen atoms in total. The van der Waals surface area contributed by atoms with Gasteiger partial charge in [-0.1, -0.05) is 34.8 Å². The summed E-state index contributed by atoms with van der Waals surface area (Å²) in [6.45, 7) is 1.95. The number of halogens is 3. The summed E-state index contributed by atoms with van der Waals surface area (Å²) in [6, 6.07) is 5.58. The summed E-state index contributed by atoms with van der Waals surface area (Å²) >= 11 is 20.0. The Kier molecular flexibility index (Phi) is 3.39. The summed E-state index contributed by atoms with van der Waals surface area (Å²) in [5.41, 5.74) is 1.66. The number of hydrogen-bond donors (Lipinski definition) is 0. The van der Waals surface area contributed by atoms with Crippen molar-refractivity contribution in [3.63, 3.8) is 0 Å². The van der Waals surface area contributed by atoms with Gasteiger partial charge in [0.15, 0.2) is 5.82 Å². The molecular weight excluding hydrogens is 323 g/mol. The summed E-state index contributed by atoms with van der Waals surface area (Å²) in [6.07, 6.45) is 0. The van der Waals surface area contributed by atoms with E-state index in [1.54, 1.807) is 6.07 Å². The summed E-state index contributed by atoms with van der Waals surface area (Å²) in [5.74, 6) is 0.503. The van der Waals surface area contributed by atoms with Gasteiger partial charge in [-0.2, -0.15) is 0 Å². The van der Waals surface area contributed by atoms with Gasteiger partial charge in [0.05, 0.1) is 20.4 Å². The highest BCUT2D eigenvalue weighted by molar-refractivity contribution is 7.14. The maximum atomic E-state index is 6.23. The van der Waals surface area contributed by atoms with Crippen molar-refractivity contribution in [2.45, 2.75) is 6.92 Å². The second kappa shape index (κ2) is 4.91. The highest BCUT2D eigenvalue weighted by atomic mass is 35.5. The Hall–Kier alpha value is -0.870. The average molecular weight is 330 g/mol. The lowest BCUT2D eigenvalue weighted by Gasteiger charge is -2.06. The number of nitrogens with zero attached hydrogens (tertiary/aromatic N) is 2. The molecule has 96 valence electrons.